The van der Waals surface area contributed by atoms with Gasteiger partial charge < -0.3 is 14.7 Å². The lowest BCUT2D eigenvalue weighted by Gasteiger charge is -2.23. The Morgan fingerprint density at radius 2 is 1.70 bits per heavy atom. The van der Waals surface area contributed by atoms with Gasteiger partial charge in [0, 0.05) is 25.4 Å². The van der Waals surface area contributed by atoms with E-state index in [4.69, 9.17) is 9.84 Å². The summed E-state index contributed by atoms with van der Waals surface area (Å²) in [4.78, 5) is 25.6. The highest BCUT2D eigenvalue weighted by atomic mass is 16.5. The van der Waals surface area contributed by atoms with Gasteiger partial charge in [-0.25, -0.2) is 0 Å². The maximum absolute atomic E-state index is 12.5. The zero-order chi connectivity index (χ0) is 16.7. The van der Waals surface area contributed by atoms with E-state index in [1.165, 1.54) is 12.8 Å². The van der Waals surface area contributed by atoms with E-state index in [1.54, 1.807) is 19.2 Å². The maximum Gasteiger partial charge on any atom is 0.303 e. The third kappa shape index (κ3) is 5.27. The molecule has 0 bridgehead atoms. The molecule has 1 amide bonds. The lowest BCUT2D eigenvalue weighted by molar-refractivity contribution is -0.138. The molecule has 1 aromatic carbocycles. The molecule has 1 heterocycles. The van der Waals surface area contributed by atoms with Gasteiger partial charge in [-0.15, -0.1) is 0 Å². The van der Waals surface area contributed by atoms with Crippen molar-refractivity contribution < 1.29 is 19.4 Å². The Bertz CT molecular complexity index is 518. The van der Waals surface area contributed by atoms with Gasteiger partial charge in [0.2, 0.25) is 5.91 Å². The van der Waals surface area contributed by atoms with Gasteiger partial charge in [0.25, 0.3) is 0 Å². The molecule has 2 rings (SSSR count). The summed E-state index contributed by atoms with van der Waals surface area (Å²) < 4.78 is 5.13. The first kappa shape index (κ1) is 17.3. The van der Waals surface area contributed by atoms with Gasteiger partial charge in [0.15, 0.2) is 0 Å². The second-order valence-corrected chi connectivity index (χ2v) is 6.07. The van der Waals surface area contributed by atoms with E-state index in [0.717, 1.165) is 37.2 Å². The van der Waals surface area contributed by atoms with Crippen LogP contribution in [-0.2, 0) is 9.59 Å². The Morgan fingerprint density at radius 3 is 2.22 bits per heavy atom. The standard InChI is InChI=1S/C18H25NO4/c1-23-16-8-6-14(7-9-16)15(13-18(21)22)12-17(20)19-10-4-2-3-5-11-19/h6-9,15H,2-5,10-13H2,1H3,(H,21,22)/t15-/m1/s1. The number of likely N-dealkylation sites (tertiary alicyclic amines) is 1. The monoisotopic (exact) mass is 319 g/mol. The van der Waals surface area contributed by atoms with E-state index in [1.807, 2.05) is 17.0 Å². The molecule has 0 spiro atoms. The lowest BCUT2D eigenvalue weighted by atomic mass is 9.92. The van der Waals surface area contributed by atoms with E-state index >= 15 is 0 Å². The van der Waals surface area contributed by atoms with Crippen LogP contribution in [0.5, 0.6) is 5.75 Å². The maximum atomic E-state index is 12.5. The summed E-state index contributed by atoms with van der Waals surface area (Å²) >= 11 is 0. The molecule has 5 nitrogen and oxygen atoms in total. The molecular weight excluding hydrogens is 294 g/mol. The normalized spacial score (nSPS) is 16.5. The molecule has 1 saturated heterocycles. The fourth-order valence-electron chi connectivity index (χ4n) is 3.05. The van der Waals surface area contributed by atoms with E-state index in [9.17, 15) is 9.59 Å². The zero-order valence-electron chi connectivity index (χ0n) is 13.7. The minimum absolute atomic E-state index is 0.0358. The minimum Gasteiger partial charge on any atom is -0.497 e. The molecule has 23 heavy (non-hydrogen) atoms. The summed E-state index contributed by atoms with van der Waals surface area (Å²) in [6.07, 6.45) is 4.63. The van der Waals surface area contributed by atoms with Crippen molar-refractivity contribution in [3.05, 3.63) is 29.8 Å². The third-order valence-electron chi connectivity index (χ3n) is 4.39. The Hall–Kier alpha value is -2.04. The van der Waals surface area contributed by atoms with Crippen molar-refractivity contribution in [2.45, 2.75) is 44.4 Å². The first-order valence-electron chi connectivity index (χ1n) is 8.23. The Kier molecular flexibility index (Phi) is 6.44. The predicted octanol–water partition coefficient (Wildman–Crippen LogP) is 3.05. The topological polar surface area (TPSA) is 66.8 Å². The summed E-state index contributed by atoms with van der Waals surface area (Å²) in [6.45, 7) is 1.59. The second-order valence-electron chi connectivity index (χ2n) is 6.07. The lowest BCUT2D eigenvalue weighted by Crippen LogP contribution is -2.33. The fraction of sp³-hybridized carbons (Fsp3) is 0.556. The molecule has 0 unspecified atom stereocenters. The molecule has 5 heteroatoms. The Morgan fingerprint density at radius 1 is 1.09 bits per heavy atom. The van der Waals surface area contributed by atoms with Gasteiger partial charge >= 0.3 is 5.97 Å². The van der Waals surface area contributed by atoms with Crippen LogP contribution in [0.15, 0.2) is 24.3 Å². The van der Waals surface area contributed by atoms with Crippen LogP contribution in [-0.4, -0.2) is 42.1 Å². The van der Waals surface area contributed by atoms with E-state index < -0.39 is 5.97 Å². The average Bonchev–Trinajstić information content (AvgIpc) is 2.83. The van der Waals surface area contributed by atoms with Crippen LogP contribution in [0.3, 0.4) is 0 Å². The van der Waals surface area contributed by atoms with Crippen LogP contribution < -0.4 is 4.74 Å². The molecular formula is C18H25NO4. The highest BCUT2D eigenvalue weighted by molar-refractivity contribution is 5.78. The van der Waals surface area contributed by atoms with Crippen LogP contribution in [0.1, 0.15) is 50.0 Å². The van der Waals surface area contributed by atoms with Crippen LogP contribution in [0.2, 0.25) is 0 Å². The summed E-state index contributed by atoms with van der Waals surface area (Å²) in [5.74, 6) is -0.390. The number of amides is 1. The highest BCUT2D eigenvalue weighted by Crippen LogP contribution is 2.27. The number of hydrogen-bond donors (Lipinski definition) is 1. The quantitative estimate of drug-likeness (QED) is 0.875. The summed E-state index contributed by atoms with van der Waals surface area (Å²) in [5.41, 5.74) is 0.872. The largest absolute Gasteiger partial charge is 0.497 e. The third-order valence-corrected chi connectivity index (χ3v) is 4.39. The molecule has 0 saturated carbocycles. The summed E-state index contributed by atoms with van der Waals surface area (Å²) in [6, 6.07) is 7.31. The van der Waals surface area contributed by atoms with Gasteiger partial charge in [-0.05, 0) is 30.5 Å². The van der Waals surface area contributed by atoms with Crippen molar-refractivity contribution in [2.24, 2.45) is 0 Å². The highest BCUT2D eigenvalue weighted by Gasteiger charge is 2.23. The number of carbonyl (C=O) groups excluding carboxylic acids is 1. The first-order valence-corrected chi connectivity index (χ1v) is 8.23. The number of ether oxygens (including phenoxy) is 1. The van der Waals surface area contributed by atoms with Crippen LogP contribution in [0, 0.1) is 0 Å². The fourth-order valence-corrected chi connectivity index (χ4v) is 3.05. The number of benzene rings is 1. The van der Waals surface area contributed by atoms with Crippen molar-refractivity contribution in [2.75, 3.05) is 20.2 Å². The van der Waals surface area contributed by atoms with Crippen molar-refractivity contribution in [3.63, 3.8) is 0 Å². The van der Waals surface area contributed by atoms with Gasteiger partial charge in [-0.3, -0.25) is 9.59 Å². The Balaban J connectivity index is 2.07. The number of carbonyl (C=O) groups is 2. The SMILES string of the molecule is COc1ccc([C@@H](CC(=O)O)CC(=O)N2CCCCCC2)cc1. The van der Waals surface area contributed by atoms with Crippen molar-refractivity contribution in [1.82, 2.24) is 4.90 Å². The predicted molar refractivity (Wildman–Crippen MR) is 87.7 cm³/mol. The minimum atomic E-state index is -0.880. The van der Waals surface area contributed by atoms with Gasteiger partial charge in [0.1, 0.15) is 5.75 Å². The number of hydrogen-bond acceptors (Lipinski definition) is 3. The molecule has 1 N–H and O–H groups in total. The van der Waals surface area contributed by atoms with Crippen LogP contribution in [0.25, 0.3) is 0 Å². The average molecular weight is 319 g/mol. The zero-order valence-corrected chi connectivity index (χ0v) is 13.7. The molecule has 126 valence electrons. The first-order chi connectivity index (χ1) is 11.1. The van der Waals surface area contributed by atoms with Gasteiger partial charge in [0.05, 0.1) is 13.5 Å². The number of nitrogens with zero attached hydrogens (tertiary/aromatic N) is 1. The van der Waals surface area contributed by atoms with Crippen molar-refractivity contribution >= 4 is 11.9 Å². The Labute approximate surface area is 137 Å². The molecule has 0 radical (unpaired) electrons. The van der Waals surface area contributed by atoms with Crippen molar-refractivity contribution in [3.8, 4) is 5.75 Å². The van der Waals surface area contributed by atoms with Crippen molar-refractivity contribution in [1.29, 1.82) is 0 Å². The number of aliphatic carboxylic acids is 1. The van der Waals surface area contributed by atoms with Crippen LogP contribution in [0.4, 0.5) is 0 Å². The van der Waals surface area contributed by atoms with E-state index in [2.05, 4.69) is 0 Å². The van der Waals surface area contributed by atoms with Gasteiger partial charge in [-0.2, -0.15) is 0 Å². The molecule has 1 aliphatic rings. The van der Waals surface area contributed by atoms with E-state index in [0.29, 0.717) is 0 Å². The molecule has 0 aromatic heterocycles. The summed E-state index contributed by atoms with van der Waals surface area (Å²) in [7, 11) is 1.59. The molecule has 1 aromatic rings. The second kappa shape index (κ2) is 8.56. The van der Waals surface area contributed by atoms with Gasteiger partial charge in [-0.1, -0.05) is 25.0 Å². The number of carboxylic acid groups (broad SMARTS) is 1. The van der Waals surface area contributed by atoms with Crippen LogP contribution >= 0.6 is 0 Å². The molecule has 0 aliphatic carbocycles. The van der Waals surface area contributed by atoms with E-state index in [-0.39, 0.29) is 24.7 Å². The smallest absolute Gasteiger partial charge is 0.303 e. The number of carboxylic acids is 1. The summed E-state index contributed by atoms with van der Waals surface area (Å²) in [5, 5.41) is 9.16. The molecule has 1 aliphatic heterocycles. The molecule has 1 fully saturated rings. The number of methoxy groups -OCH3 is 1. The molecule has 1 atom stereocenters. The number of rotatable bonds is 6.